The predicted octanol–water partition coefficient (Wildman–Crippen LogP) is 4.71. The smallest absolute Gasteiger partial charge is 0.129 e. The highest BCUT2D eigenvalue weighted by atomic mass is 16.5. The van der Waals surface area contributed by atoms with Crippen LogP contribution in [0.4, 0.5) is 0 Å². The zero-order valence-corrected chi connectivity index (χ0v) is 14.7. The number of fused-ring (bicyclic) bond motifs is 1. The molecule has 1 aliphatic rings. The summed E-state index contributed by atoms with van der Waals surface area (Å²) < 4.78 is 8.45. The number of benzene rings is 2. The topological polar surface area (TPSA) is 17.4 Å². The van der Waals surface area contributed by atoms with Crippen molar-refractivity contribution >= 4 is 10.9 Å². The lowest BCUT2D eigenvalue weighted by Crippen LogP contribution is -2.32. The number of nitrogens with zero attached hydrogens (tertiary/aromatic N) is 2. The molecule has 0 aliphatic carbocycles. The maximum Gasteiger partial charge on any atom is 0.129 e. The molecule has 130 valence electrons. The van der Waals surface area contributed by atoms with E-state index in [2.05, 4.69) is 64.2 Å². The lowest BCUT2D eigenvalue weighted by Gasteiger charge is -2.26. The monoisotopic (exact) mass is 334 g/mol. The van der Waals surface area contributed by atoms with Gasteiger partial charge in [0.2, 0.25) is 0 Å². The van der Waals surface area contributed by atoms with Crippen LogP contribution in [0.3, 0.4) is 0 Å². The molecule has 3 heteroatoms. The van der Waals surface area contributed by atoms with Crippen LogP contribution in [-0.4, -0.2) is 29.1 Å². The van der Waals surface area contributed by atoms with Gasteiger partial charge in [0, 0.05) is 24.7 Å². The summed E-state index contributed by atoms with van der Waals surface area (Å²) in [6, 6.07) is 18.9. The second kappa shape index (κ2) is 7.75. The molecule has 0 unspecified atom stereocenters. The van der Waals surface area contributed by atoms with E-state index in [0.29, 0.717) is 6.61 Å². The van der Waals surface area contributed by atoms with Crippen LogP contribution in [0.1, 0.15) is 24.8 Å². The number of hydrogen-bond acceptors (Lipinski definition) is 2. The van der Waals surface area contributed by atoms with Crippen molar-refractivity contribution < 1.29 is 4.74 Å². The molecule has 0 radical (unpaired) electrons. The van der Waals surface area contributed by atoms with Gasteiger partial charge in [-0.15, -0.1) is 0 Å². The van der Waals surface area contributed by atoms with Crippen molar-refractivity contribution in [3.63, 3.8) is 0 Å². The summed E-state index contributed by atoms with van der Waals surface area (Å²) >= 11 is 0. The molecule has 1 fully saturated rings. The molecule has 3 nitrogen and oxygen atoms in total. The molecule has 1 aliphatic heterocycles. The normalized spacial score (nSPS) is 15.5. The highest BCUT2D eigenvalue weighted by Crippen LogP contribution is 2.27. The zero-order chi connectivity index (χ0) is 16.9. The summed E-state index contributed by atoms with van der Waals surface area (Å²) in [6.45, 7) is 5.30. The fraction of sp³-hybridized carbons (Fsp3) is 0.364. The largest absolute Gasteiger partial charge is 0.488 e. The summed E-state index contributed by atoms with van der Waals surface area (Å²) in [7, 11) is 0. The Bertz CT molecular complexity index is 803. The van der Waals surface area contributed by atoms with Gasteiger partial charge in [0.1, 0.15) is 12.4 Å². The van der Waals surface area contributed by atoms with E-state index in [0.717, 1.165) is 18.8 Å². The SMILES string of the molecule is c1ccc(COc2cccc3c2ccn3CCN2CCCCC2)cc1. The third kappa shape index (κ3) is 3.88. The Labute approximate surface area is 149 Å². The van der Waals surface area contributed by atoms with Crippen LogP contribution in [0.2, 0.25) is 0 Å². The highest BCUT2D eigenvalue weighted by Gasteiger charge is 2.11. The minimum absolute atomic E-state index is 0.610. The summed E-state index contributed by atoms with van der Waals surface area (Å²) in [6.07, 6.45) is 6.29. The van der Waals surface area contributed by atoms with Crippen LogP contribution in [0.5, 0.6) is 5.75 Å². The highest BCUT2D eigenvalue weighted by molar-refractivity contribution is 5.86. The first-order chi connectivity index (χ1) is 12.4. The fourth-order valence-corrected chi connectivity index (χ4v) is 3.68. The van der Waals surface area contributed by atoms with Gasteiger partial charge in [-0.1, -0.05) is 42.8 Å². The van der Waals surface area contributed by atoms with Crippen LogP contribution in [0, 0.1) is 0 Å². The first-order valence-corrected chi connectivity index (χ1v) is 9.37. The van der Waals surface area contributed by atoms with Crippen LogP contribution in [-0.2, 0) is 13.2 Å². The predicted molar refractivity (Wildman–Crippen MR) is 103 cm³/mol. The van der Waals surface area contributed by atoms with Crippen molar-refractivity contribution in [1.29, 1.82) is 0 Å². The third-order valence-corrected chi connectivity index (χ3v) is 5.12. The molecule has 1 aromatic heterocycles. The van der Waals surface area contributed by atoms with Crippen LogP contribution in [0.15, 0.2) is 60.8 Å². The average Bonchev–Trinajstić information content (AvgIpc) is 3.10. The molecule has 0 N–H and O–H groups in total. The molecule has 0 amide bonds. The molecule has 3 aromatic rings. The number of ether oxygens (including phenoxy) is 1. The molecule has 1 saturated heterocycles. The van der Waals surface area contributed by atoms with Gasteiger partial charge in [0.05, 0.1) is 5.52 Å². The van der Waals surface area contributed by atoms with E-state index in [-0.39, 0.29) is 0 Å². The molecule has 2 aromatic carbocycles. The van der Waals surface area contributed by atoms with Crippen molar-refractivity contribution in [2.75, 3.05) is 19.6 Å². The second-order valence-electron chi connectivity index (χ2n) is 6.87. The first kappa shape index (κ1) is 16.2. The van der Waals surface area contributed by atoms with Crippen LogP contribution < -0.4 is 4.74 Å². The molecule has 2 heterocycles. The Kier molecular flexibility index (Phi) is 5.03. The van der Waals surface area contributed by atoms with E-state index in [9.17, 15) is 0 Å². The van der Waals surface area contributed by atoms with Gasteiger partial charge < -0.3 is 14.2 Å². The van der Waals surface area contributed by atoms with E-state index in [1.54, 1.807) is 0 Å². The molecule has 4 rings (SSSR count). The van der Waals surface area contributed by atoms with Crippen molar-refractivity contribution in [1.82, 2.24) is 9.47 Å². The number of hydrogen-bond donors (Lipinski definition) is 0. The van der Waals surface area contributed by atoms with E-state index in [1.165, 1.54) is 48.8 Å². The molecule has 25 heavy (non-hydrogen) atoms. The number of aromatic nitrogens is 1. The Morgan fingerprint density at radius 3 is 2.48 bits per heavy atom. The Balaban J connectivity index is 1.45. The van der Waals surface area contributed by atoms with Crippen LogP contribution in [0.25, 0.3) is 10.9 Å². The Hall–Kier alpha value is -2.26. The quantitative estimate of drug-likeness (QED) is 0.650. The number of piperidine rings is 1. The van der Waals surface area contributed by atoms with Gasteiger partial charge in [-0.2, -0.15) is 0 Å². The van der Waals surface area contributed by atoms with Gasteiger partial charge in [0.25, 0.3) is 0 Å². The zero-order valence-electron chi connectivity index (χ0n) is 14.7. The maximum atomic E-state index is 6.09. The summed E-state index contributed by atoms with van der Waals surface area (Å²) in [5.41, 5.74) is 2.46. The lowest BCUT2D eigenvalue weighted by molar-refractivity contribution is 0.221. The number of likely N-dealkylation sites (tertiary alicyclic amines) is 1. The van der Waals surface area contributed by atoms with Gasteiger partial charge in [-0.05, 0) is 49.7 Å². The third-order valence-electron chi connectivity index (χ3n) is 5.12. The van der Waals surface area contributed by atoms with Crippen molar-refractivity contribution in [2.24, 2.45) is 0 Å². The Morgan fingerprint density at radius 1 is 0.800 bits per heavy atom. The van der Waals surface area contributed by atoms with Crippen LogP contribution >= 0.6 is 0 Å². The molecule has 0 spiro atoms. The van der Waals surface area contributed by atoms with Crippen molar-refractivity contribution in [3.05, 3.63) is 66.4 Å². The van der Waals surface area contributed by atoms with Crippen molar-refractivity contribution in [2.45, 2.75) is 32.4 Å². The van der Waals surface area contributed by atoms with E-state index < -0.39 is 0 Å². The molecule has 0 bridgehead atoms. The van der Waals surface area contributed by atoms with Gasteiger partial charge in [0.15, 0.2) is 0 Å². The second-order valence-corrected chi connectivity index (χ2v) is 6.87. The van der Waals surface area contributed by atoms with E-state index in [1.807, 2.05) is 6.07 Å². The standard InChI is InChI=1S/C22H26N2O/c1-3-8-19(9-4-1)18-25-22-11-7-10-21-20(22)12-15-24(21)17-16-23-13-5-2-6-14-23/h1,3-4,7-12,15H,2,5-6,13-14,16-18H2. The summed E-state index contributed by atoms with van der Waals surface area (Å²) in [5.74, 6) is 0.970. The fourth-order valence-electron chi connectivity index (χ4n) is 3.68. The van der Waals surface area contributed by atoms with Gasteiger partial charge >= 0.3 is 0 Å². The average molecular weight is 334 g/mol. The van der Waals surface area contributed by atoms with E-state index in [4.69, 9.17) is 4.74 Å². The lowest BCUT2D eigenvalue weighted by atomic mass is 10.1. The van der Waals surface area contributed by atoms with Crippen molar-refractivity contribution in [3.8, 4) is 5.75 Å². The molecule has 0 saturated carbocycles. The van der Waals surface area contributed by atoms with Gasteiger partial charge in [-0.3, -0.25) is 0 Å². The molecular weight excluding hydrogens is 308 g/mol. The first-order valence-electron chi connectivity index (χ1n) is 9.37. The Morgan fingerprint density at radius 2 is 1.64 bits per heavy atom. The molecule has 0 atom stereocenters. The minimum atomic E-state index is 0.610. The minimum Gasteiger partial charge on any atom is -0.488 e. The van der Waals surface area contributed by atoms with E-state index >= 15 is 0 Å². The maximum absolute atomic E-state index is 6.09. The summed E-state index contributed by atoms with van der Waals surface area (Å²) in [4.78, 5) is 2.59. The number of rotatable bonds is 6. The summed E-state index contributed by atoms with van der Waals surface area (Å²) in [5, 5.41) is 1.21. The molecular formula is C22H26N2O. The van der Waals surface area contributed by atoms with Gasteiger partial charge in [-0.25, -0.2) is 0 Å².